The van der Waals surface area contributed by atoms with Gasteiger partial charge in [-0.15, -0.1) is 0 Å². The third kappa shape index (κ3) is 4.24. The minimum Gasteiger partial charge on any atom is -0.455 e. The van der Waals surface area contributed by atoms with Crippen LogP contribution in [0.5, 0.6) is 0 Å². The van der Waals surface area contributed by atoms with Crippen LogP contribution in [-0.4, -0.2) is 47.2 Å². The van der Waals surface area contributed by atoms with Gasteiger partial charge < -0.3 is 19.0 Å². The lowest BCUT2D eigenvalue weighted by Crippen LogP contribution is -2.24. The molecule has 0 aliphatic carbocycles. The van der Waals surface area contributed by atoms with E-state index in [1.54, 1.807) is 25.7 Å². The number of hydrogen-bond acceptors (Lipinski definition) is 5. The molecular weight excluding hydrogens is 308 g/mol. The second kappa shape index (κ2) is 8.12. The molecule has 0 aromatic carbocycles. The fourth-order valence-electron chi connectivity index (χ4n) is 2.89. The Labute approximate surface area is 141 Å². The molecule has 2 aromatic rings. The molecule has 0 saturated carbocycles. The number of likely N-dealkylation sites (tertiary alicyclic amines) is 1. The minimum absolute atomic E-state index is 0.206. The number of imidazole rings is 1. The van der Waals surface area contributed by atoms with Crippen molar-refractivity contribution in [2.45, 2.75) is 32.5 Å². The summed E-state index contributed by atoms with van der Waals surface area (Å²) in [7, 11) is 1.66. The maximum atomic E-state index is 12.2. The Bertz CT molecular complexity index is 658. The van der Waals surface area contributed by atoms with Crippen LogP contribution in [0, 0.1) is 0 Å². The van der Waals surface area contributed by atoms with Crippen LogP contribution in [0.1, 0.15) is 34.9 Å². The molecule has 7 heteroatoms. The lowest BCUT2D eigenvalue weighted by atomic mass is 10.3. The number of ether oxygens (including phenoxy) is 1. The molecule has 3 heterocycles. The largest absolute Gasteiger partial charge is 0.455 e. The molecule has 0 bridgehead atoms. The van der Waals surface area contributed by atoms with E-state index in [0.29, 0.717) is 25.5 Å². The van der Waals surface area contributed by atoms with E-state index >= 15 is 0 Å². The van der Waals surface area contributed by atoms with Crippen LogP contribution in [0.4, 0.5) is 0 Å². The normalized spacial score (nSPS) is 15.0. The van der Waals surface area contributed by atoms with E-state index < -0.39 is 0 Å². The summed E-state index contributed by atoms with van der Waals surface area (Å²) < 4.78 is 12.7. The minimum atomic E-state index is -0.206. The smallest absolute Gasteiger partial charge is 0.287 e. The Kier molecular flexibility index (Phi) is 5.66. The van der Waals surface area contributed by atoms with Crippen molar-refractivity contribution in [3.05, 3.63) is 41.9 Å². The number of carbonyl (C=O) groups excluding carboxylic acids is 1. The van der Waals surface area contributed by atoms with Gasteiger partial charge in [-0.1, -0.05) is 0 Å². The molecule has 7 nitrogen and oxygen atoms in total. The number of aromatic nitrogens is 2. The van der Waals surface area contributed by atoms with Crippen molar-refractivity contribution in [3.63, 3.8) is 0 Å². The third-order valence-corrected chi connectivity index (χ3v) is 4.23. The molecule has 0 unspecified atom stereocenters. The fourth-order valence-corrected chi connectivity index (χ4v) is 2.89. The zero-order valence-corrected chi connectivity index (χ0v) is 14.0. The van der Waals surface area contributed by atoms with Gasteiger partial charge in [0.05, 0.1) is 31.7 Å². The van der Waals surface area contributed by atoms with Gasteiger partial charge in [0.1, 0.15) is 5.76 Å². The molecule has 1 amide bonds. The molecule has 1 aliphatic heterocycles. The summed E-state index contributed by atoms with van der Waals surface area (Å²) in [6, 6.07) is 3.62. The molecule has 1 N–H and O–H groups in total. The molecule has 1 fully saturated rings. The highest BCUT2D eigenvalue weighted by Gasteiger charge is 2.16. The van der Waals surface area contributed by atoms with Crippen molar-refractivity contribution >= 4 is 5.91 Å². The highest BCUT2D eigenvalue weighted by Crippen LogP contribution is 2.15. The molecule has 0 spiro atoms. The average molecular weight is 332 g/mol. The van der Waals surface area contributed by atoms with Crippen molar-refractivity contribution < 1.29 is 13.9 Å². The molecule has 1 aliphatic rings. The van der Waals surface area contributed by atoms with Crippen LogP contribution in [0.3, 0.4) is 0 Å². The molecule has 1 saturated heterocycles. The molecule has 0 atom stereocenters. The Balaban J connectivity index is 1.51. The SMILES string of the molecule is COCCn1cncc1CNC(=O)c1ccc(CN2CCCC2)o1. The third-order valence-electron chi connectivity index (χ3n) is 4.23. The van der Waals surface area contributed by atoms with E-state index in [2.05, 4.69) is 15.2 Å². The van der Waals surface area contributed by atoms with E-state index in [9.17, 15) is 4.79 Å². The van der Waals surface area contributed by atoms with Gasteiger partial charge in [-0.2, -0.15) is 0 Å². The maximum Gasteiger partial charge on any atom is 0.287 e. The fraction of sp³-hybridized carbons (Fsp3) is 0.529. The molecule has 2 aromatic heterocycles. The number of nitrogens with zero attached hydrogens (tertiary/aromatic N) is 3. The van der Waals surface area contributed by atoms with E-state index in [4.69, 9.17) is 9.15 Å². The standard InChI is InChI=1S/C17H24N4O3/c1-23-9-8-21-13-18-10-14(21)11-19-17(22)16-5-4-15(24-16)12-20-6-2-3-7-20/h4-5,10,13H,2-3,6-9,11-12H2,1H3,(H,19,22). The lowest BCUT2D eigenvalue weighted by Gasteiger charge is -2.11. The van der Waals surface area contributed by atoms with Crippen molar-refractivity contribution in [2.24, 2.45) is 0 Å². The Morgan fingerprint density at radius 2 is 2.21 bits per heavy atom. The monoisotopic (exact) mass is 332 g/mol. The van der Waals surface area contributed by atoms with Crippen LogP contribution in [0.25, 0.3) is 0 Å². The van der Waals surface area contributed by atoms with Gasteiger partial charge in [0.25, 0.3) is 5.91 Å². The predicted molar refractivity (Wildman–Crippen MR) is 88.5 cm³/mol. The first-order chi connectivity index (χ1) is 11.8. The van der Waals surface area contributed by atoms with E-state index in [1.807, 2.05) is 10.6 Å². The van der Waals surface area contributed by atoms with Gasteiger partial charge in [0.15, 0.2) is 5.76 Å². The number of amides is 1. The first kappa shape index (κ1) is 16.7. The Hall–Kier alpha value is -2.12. The summed E-state index contributed by atoms with van der Waals surface area (Å²) in [6.45, 7) is 4.71. The van der Waals surface area contributed by atoms with E-state index in [1.165, 1.54) is 12.8 Å². The molecule has 130 valence electrons. The van der Waals surface area contributed by atoms with Crippen LogP contribution in [0.2, 0.25) is 0 Å². The molecule has 0 radical (unpaired) electrons. The summed E-state index contributed by atoms with van der Waals surface area (Å²) in [5.41, 5.74) is 0.934. The Morgan fingerprint density at radius 3 is 3.00 bits per heavy atom. The summed E-state index contributed by atoms with van der Waals surface area (Å²) in [4.78, 5) is 18.7. The topological polar surface area (TPSA) is 72.5 Å². The van der Waals surface area contributed by atoms with Crippen molar-refractivity contribution in [1.82, 2.24) is 19.8 Å². The number of carbonyl (C=O) groups is 1. The first-order valence-electron chi connectivity index (χ1n) is 8.33. The quantitative estimate of drug-likeness (QED) is 0.796. The van der Waals surface area contributed by atoms with Gasteiger partial charge in [0.2, 0.25) is 0 Å². The van der Waals surface area contributed by atoms with Gasteiger partial charge in [-0.3, -0.25) is 9.69 Å². The van der Waals surface area contributed by atoms with E-state index in [0.717, 1.165) is 31.1 Å². The van der Waals surface area contributed by atoms with Crippen LogP contribution in [-0.2, 0) is 24.4 Å². The summed E-state index contributed by atoms with van der Waals surface area (Å²) in [6.07, 6.45) is 5.97. The van der Waals surface area contributed by atoms with E-state index in [-0.39, 0.29) is 5.91 Å². The predicted octanol–water partition coefficient (Wildman–Crippen LogP) is 1.65. The Morgan fingerprint density at radius 1 is 1.38 bits per heavy atom. The van der Waals surface area contributed by atoms with Gasteiger partial charge in [-0.25, -0.2) is 4.98 Å². The highest BCUT2D eigenvalue weighted by molar-refractivity contribution is 5.91. The van der Waals surface area contributed by atoms with Gasteiger partial charge in [-0.05, 0) is 38.1 Å². The lowest BCUT2D eigenvalue weighted by molar-refractivity contribution is 0.0918. The number of methoxy groups -OCH3 is 1. The first-order valence-corrected chi connectivity index (χ1v) is 8.33. The number of furan rings is 1. The van der Waals surface area contributed by atoms with Crippen molar-refractivity contribution in [2.75, 3.05) is 26.8 Å². The number of nitrogens with one attached hydrogen (secondary N) is 1. The van der Waals surface area contributed by atoms with Crippen LogP contribution < -0.4 is 5.32 Å². The second-order valence-corrected chi connectivity index (χ2v) is 6.00. The zero-order valence-electron chi connectivity index (χ0n) is 14.0. The van der Waals surface area contributed by atoms with Crippen LogP contribution in [0.15, 0.2) is 29.1 Å². The summed E-state index contributed by atoms with van der Waals surface area (Å²) >= 11 is 0. The summed E-state index contributed by atoms with van der Waals surface area (Å²) in [5.74, 6) is 0.988. The van der Waals surface area contributed by atoms with Crippen LogP contribution >= 0.6 is 0 Å². The molecule has 3 rings (SSSR count). The van der Waals surface area contributed by atoms with Gasteiger partial charge in [0, 0.05) is 19.9 Å². The maximum absolute atomic E-state index is 12.2. The average Bonchev–Trinajstić information content (AvgIpc) is 3.33. The molecule has 24 heavy (non-hydrogen) atoms. The zero-order chi connectivity index (χ0) is 16.8. The highest BCUT2D eigenvalue weighted by atomic mass is 16.5. The van der Waals surface area contributed by atoms with Crippen molar-refractivity contribution in [3.8, 4) is 0 Å². The van der Waals surface area contributed by atoms with Crippen molar-refractivity contribution in [1.29, 1.82) is 0 Å². The number of rotatable bonds is 8. The summed E-state index contributed by atoms with van der Waals surface area (Å²) in [5, 5.41) is 2.88. The number of hydrogen-bond donors (Lipinski definition) is 1. The van der Waals surface area contributed by atoms with Gasteiger partial charge >= 0.3 is 0 Å². The molecular formula is C17H24N4O3. The second-order valence-electron chi connectivity index (χ2n) is 6.00.